The molecule has 0 saturated heterocycles. The summed E-state index contributed by atoms with van der Waals surface area (Å²) >= 11 is 3.52. The summed E-state index contributed by atoms with van der Waals surface area (Å²) in [7, 11) is 0. The van der Waals surface area contributed by atoms with Gasteiger partial charge in [0.2, 0.25) is 11.7 Å². The van der Waals surface area contributed by atoms with Crippen LogP contribution in [-0.2, 0) is 6.42 Å². The molecule has 1 aromatic heterocycles. The second-order valence-electron chi connectivity index (χ2n) is 5.79. The Morgan fingerprint density at radius 3 is 2.90 bits per heavy atom. The van der Waals surface area contributed by atoms with Crippen molar-refractivity contribution in [3.05, 3.63) is 34.1 Å². The SMILES string of the molecule is Cc1ccc(-c2noc(CC3CCCCC3O)n2)cc1Br. The van der Waals surface area contributed by atoms with Gasteiger partial charge in [0, 0.05) is 16.5 Å². The van der Waals surface area contributed by atoms with Gasteiger partial charge in [-0.05, 0) is 37.3 Å². The normalized spacial score (nSPS) is 22.4. The van der Waals surface area contributed by atoms with Crippen molar-refractivity contribution >= 4 is 15.9 Å². The van der Waals surface area contributed by atoms with Crippen molar-refractivity contribution in [1.82, 2.24) is 10.1 Å². The summed E-state index contributed by atoms with van der Waals surface area (Å²) in [5.74, 6) is 1.47. The van der Waals surface area contributed by atoms with Crippen LogP contribution in [0.3, 0.4) is 0 Å². The van der Waals surface area contributed by atoms with Gasteiger partial charge in [0.1, 0.15) is 0 Å². The van der Waals surface area contributed by atoms with Crippen molar-refractivity contribution in [3.63, 3.8) is 0 Å². The van der Waals surface area contributed by atoms with Crippen LogP contribution in [0.1, 0.15) is 37.1 Å². The van der Waals surface area contributed by atoms with Crippen LogP contribution < -0.4 is 0 Å². The fraction of sp³-hybridized carbons (Fsp3) is 0.500. The minimum Gasteiger partial charge on any atom is -0.393 e. The maximum atomic E-state index is 10.0. The van der Waals surface area contributed by atoms with Gasteiger partial charge in [-0.15, -0.1) is 0 Å². The van der Waals surface area contributed by atoms with Gasteiger partial charge in [-0.1, -0.05) is 46.1 Å². The molecule has 1 fully saturated rings. The Balaban J connectivity index is 1.75. The molecule has 0 radical (unpaired) electrons. The summed E-state index contributed by atoms with van der Waals surface area (Å²) in [5, 5.41) is 14.1. The van der Waals surface area contributed by atoms with E-state index < -0.39 is 0 Å². The maximum absolute atomic E-state index is 10.0. The zero-order valence-electron chi connectivity index (χ0n) is 12.1. The molecule has 1 aliphatic carbocycles. The lowest BCUT2D eigenvalue weighted by Gasteiger charge is -2.26. The van der Waals surface area contributed by atoms with Crippen molar-refractivity contribution in [2.24, 2.45) is 5.92 Å². The predicted octanol–water partition coefficient (Wildman–Crippen LogP) is 3.90. The molecule has 0 spiro atoms. The zero-order valence-corrected chi connectivity index (χ0v) is 13.6. The van der Waals surface area contributed by atoms with Crippen LogP contribution in [0.2, 0.25) is 0 Å². The van der Waals surface area contributed by atoms with E-state index in [1.54, 1.807) is 0 Å². The largest absolute Gasteiger partial charge is 0.393 e. The maximum Gasteiger partial charge on any atom is 0.227 e. The van der Waals surface area contributed by atoms with Gasteiger partial charge in [-0.2, -0.15) is 4.98 Å². The van der Waals surface area contributed by atoms with Crippen LogP contribution in [0, 0.1) is 12.8 Å². The Bertz CT molecular complexity index is 626. The topological polar surface area (TPSA) is 59.2 Å². The fourth-order valence-corrected chi connectivity index (χ4v) is 3.22. The fourth-order valence-electron chi connectivity index (χ4n) is 2.84. The molecule has 0 aliphatic heterocycles. The molecular formula is C16H19BrN2O2. The van der Waals surface area contributed by atoms with Crippen LogP contribution in [0.15, 0.2) is 27.2 Å². The highest BCUT2D eigenvalue weighted by Crippen LogP contribution is 2.28. The Morgan fingerprint density at radius 1 is 1.33 bits per heavy atom. The Hall–Kier alpha value is -1.20. The van der Waals surface area contributed by atoms with E-state index in [2.05, 4.69) is 26.1 Å². The van der Waals surface area contributed by atoms with Gasteiger partial charge in [-0.25, -0.2) is 0 Å². The second kappa shape index (κ2) is 6.28. The van der Waals surface area contributed by atoms with Crippen LogP contribution in [0.25, 0.3) is 11.4 Å². The zero-order chi connectivity index (χ0) is 14.8. The number of hydrogen-bond acceptors (Lipinski definition) is 4. The first kappa shape index (κ1) is 14.7. The van der Waals surface area contributed by atoms with Gasteiger partial charge in [0.15, 0.2) is 0 Å². The third-order valence-electron chi connectivity index (χ3n) is 4.20. The quantitative estimate of drug-likeness (QED) is 0.911. The van der Waals surface area contributed by atoms with Gasteiger partial charge < -0.3 is 9.63 Å². The number of hydrogen-bond donors (Lipinski definition) is 1. The number of rotatable bonds is 3. The van der Waals surface area contributed by atoms with Crippen LogP contribution in [0.4, 0.5) is 0 Å². The highest BCUT2D eigenvalue weighted by Gasteiger charge is 2.25. The monoisotopic (exact) mass is 350 g/mol. The summed E-state index contributed by atoms with van der Waals surface area (Å²) < 4.78 is 6.39. The highest BCUT2D eigenvalue weighted by atomic mass is 79.9. The Morgan fingerprint density at radius 2 is 2.14 bits per heavy atom. The molecular weight excluding hydrogens is 332 g/mol. The second-order valence-corrected chi connectivity index (χ2v) is 6.65. The molecule has 5 heteroatoms. The van der Waals surface area contributed by atoms with Gasteiger partial charge in [0.05, 0.1) is 6.10 Å². The Labute approximate surface area is 132 Å². The molecule has 0 amide bonds. The smallest absolute Gasteiger partial charge is 0.227 e. The molecule has 21 heavy (non-hydrogen) atoms. The molecule has 2 aromatic rings. The number of halogens is 1. The third-order valence-corrected chi connectivity index (χ3v) is 5.06. The summed E-state index contributed by atoms with van der Waals surface area (Å²) in [6.45, 7) is 2.04. The third kappa shape index (κ3) is 3.35. The van der Waals surface area contributed by atoms with Crippen molar-refractivity contribution in [3.8, 4) is 11.4 Å². The van der Waals surface area contributed by atoms with Gasteiger partial charge in [0.25, 0.3) is 0 Å². The van der Waals surface area contributed by atoms with E-state index in [4.69, 9.17) is 4.52 Å². The molecule has 1 aliphatic rings. The summed E-state index contributed by atoms with van der Waals surface area (Å²) in [6, 6.07) is 6.02. The number of aromatic nitrogens is 2. The minimum absolute atomic E-state index is 0.234. The van der Waals surface area contributed by atoms with E-state index in [-0.39, 0.29) is 12.0 Å². The van der Waals surface area contributed by atoms with Gasteiger partial charge in [-0.3, -0.25) is 0 Å². The van der Waals surface area contributed by atoms with Crippen LogP contribution in [0.5, 0.6) is 0 Å². The summed E-state index contributed by atoms with van der Waals surface area (Å²) in [6.07, 6.45) is 4.65. The molecule has 4 nitrogen and oxygen atoms in total. The number of aliphatic hydroxyl groups excluding tert-OH is 1. The first-order chi connectivity index (χ1) is 10.1. The minimum atomic E-state index is -0.234. The molecule has 1 heterocycles. The standard InChI is InChI=1S/C16H19BrN2O2/c1-10-6-7-12(8-13(10)17)16-18-15(21-19-16)9-11-4-2-3-5-14(11)20/h6-8,11,14,20H,2-5,9H2,1H3. The lowest BCUT2D eigenvalue weighted by Crippen LogP contribution is -2.26. The average molecular weight is 351 g/mol. The van der Waals surface area contributed by atoms with Crippen molar-refractivity contribution in [1.29, 1.82) is 0 Å². The van der Waals surface area contributed by atoms with E-state index in [0.29, 0.717) is 18.1 Å². The first-order valence-electron chi connectivity index (χ1n) is 7.40. The highest BCUT2D eigenvalue weighted by molar-refractivity contribution is 9.10. The van der Waals surface area contributed by atoms with Crippen molar-refractivity contribution in [2.45, 2.75) is 45.1 Å². The molecule has 2 atom stereocenters. The van der Waals surface area contributed by atoms with E-state index in [9.17, 15) is 5.11 Å². The molecule has 0 bridgehead atoms. The number of aliphatic hydroxyl groups is 1. The van der Waals surface area contributed by atoms with Gasteiger partial charge >= 0.3 is 0 Å². The average Bonchev–Trinajstić information content (AvgIpc) is 2.93. The summed E-state index contributed by atoms with van der Waals surface area (Å²) in [4.78, 5) is 4.47. The van der Waals surface area contributed by atoms with Crippen LogP contribution in [-0.4, -0.2) is 21.4 Å². The van der Waals surface area contributed by atoms with E-state index in [1.807, 2.05) is 25.1 Å². The van der Waals surface area contributed by atoms with Crippen molar-refractivity contribution in [2.75, 3.05) is 0 Å². The summed E-state index contributed by atoms with van der Waals surface area (Å²) in [5.41, 5.74) is 2.11. The molecule has 112 valence electrons. The lowest BCUT2D eigenvalue weighted by atomic mass is 9.84. The molecule has 1 N–H and O–H groups in total. The number of aryl methyl sites for hydroxylation is 1. The Kier molecular flexibility index (Phi) is 4.40. The molecule has 2 unspecified atom stereocenters. The number of nitrogens with zero attached hydrogens (tertiary/aromatic N) is 2. The molecule has 3 rings (SSSR count). The van der Waals surface area contributed by atoms with E-state index in [1.165, 1.54) is 12.0 Å². The lowest BCUT2D eigenvalue weighted by molar-refractivity contribution is 0.0657. The molecule has 1 aromatic carbocycles. The first-order valence-corrected chi connectivity index (χ1v) is 8.20. The number of benzene rings is 1. The van der Waals surface area contributed by atoms with E-state index >= 15 is 0 Å². The van der Waals surface area contributed by atoms with Crippen LogP contribution >= 0.6 is 15.9 Å². The van der Waals surface area contributed by atoms with Crippen molar-refractivity contribution < 1.29 is 9.63 Å². The van der Waals surface area contributed by atoms with E-state index in [0.717, 1.165) is 29.3 Å². The molecule has 1 saturated carbocycles. The predicted molar refractivity (Wildman–Crippen MR) is 83.8 cm³/mol.